The van der Waals surface area contributed by atoms with Gasteiger partial charge in [0.2, 0.25) is 0 Å². The minimum Gasteiger partial charge on any atom is -0.872 e. The number of thiocarbonyl (C=S) groups is 2. The van der Waals surface area contributed by atoms with Crippen molar-refractivity contribution in [1.29, 1.82) is 0 Å². The second-order valence-corrected chi connectivity index (χ2v) is 10.3. The predicted octanol–water partition coefficient (Wildman–Crippen LogP) is 8.04. The monoisotopic (exact) mass is 818 g/mol. The summed E-state index contributed by atoms with van der Waals surface area (Å²) in [5, 5.41) is 40.5. The van der Waals surface area contributed by atoms with Gasteiger partial charge in [0.25, 0.3) is 0 Å². The molecule has 52 heavy (non-hydrogen) atoms. The number of hydrogen-bond acceptors (Lipinski definition) is 8. The molecule has 2 aromatic heterocycles. The van der Waals surface area contributed by atoms with Gasteiger partial charge in [0, 0.05) is 24.8 Å². The number of nitrogens with zero attached hydrogens (tertiary/aromatic N) is 6. The smallest absolute Gasteiger partial charge is 0.872 e. The van der Waals surface area contributed by atoms with E-state index < -0.39 is 0 Å². The predicted molar refractivity (Wildman–Crippen MR) is 204 cm³/mol. The molecular formula is C40H30N6O2S2Zn2. The standard InChI is InChI=1S/2C19H16N2O.2CNS.2Zn/c2*22-18-12-5-4-10-16(18)14-21-19(15-8-2-1-3-9-15)17-11-6-7-13-20-17;2*2-1-3;;/h2*1-14,19,22H;;;;/q;;2*-1;2*+2/p-2/t2*19-;;;;/m10..../s1. The molecule has 0 saturated carbocycles. The maximum Gasteiger partial charge on any atom is 2.00 e. The Hall–Kier alpha value is -5.03. The zero-order valence-corrected chi connectivity index (χ0v) is 35.6. The number of rotatable bonds is 8. The van der Waals surface area contributed by atoms with Crippen molar-refractivity contribution >= 4 is 47.2 Å². The van der Waals surface area contributed by atoms with Gasteiger partial charge in [-0.2, -0.15) is 10.3 Å². The van der Waals surface area contributed by atoms with Gasteiger partial charge in [-0.05, 0) is 46.5 Å². The van der Waals surface area contributed by atoms with E-state index in [-0.39, 0.29) is 62.5 Å². The summed E-state index contributed by atoms with van der Waals surface area (Å²) in [6, 6.07) is 44.7. The van der Waals surface area contributed by atoms with Crippen LogP contribution in [0.3, 0.4) is 0 Å². The van der Waals surface area contributed by atoms with Crippen LogP contribution in [0, 0.1) is 0 Å². The van der Waals surface area contributed by atoms with Gasteiger partial charge in [-0.1, -0.05) is 146 Å². The van der Waals surface area contributed by atoms with Crippen molar-refractivity contribution in [1.82, 2.24) is 9.97 Å². The zero-order chi connectivity index (χ0) is 35.8. The number of benzene rings is 4. The molecule has 4 aromatic carbocycles. The Balaban J connectivity index is 0.000000437. The van der Waals surface area contributed by atoms with Crippen LogP contribution in [-0.2, 0) is 39.0 Å². The average Bonchev–Trinajstić information content (AvgIpc) is 3.16. The molecule has 6 rings (SSSR count). The molecule has 2 heterocycles. The van der Waals surface area contributed by atoms with Crippen LogP contribution in [0.15, 0.2) is 168 Å². The van der Waals surface area contributed by atoms with Crippen molar-refractivity contribution in [3.8, 4) is 11.5 Å². The first kappa shape index (κ1) is 45.0. The fourth-order valence-electron chi connectivity index (χ4n) is 4.50. The Bertz CT molecular complexity index is 1770. The molecule has 0 spiro atoms. The molecule has 0 N–H and O–H groups in total. The number of para-hydroxylation sites is 2. The van der Waals surface area contributed by atoms with Crippen LogP contribution in [0.2, 0.25) is 0 Å². The molecule has 0 aliphatic heterocycles. The molecule has 6 aromatic rings. The van der Waals surface area contributed by atoms with Gasteiger partial charge in [0.05, 0.1) is 11.4 Å². The summed E-state index contributed by atoms with van der Waals surface area (Å²) in [6.45, 7) is 0. The Morgan fingerprint density at radius 2 is 0.808 bits per heavy atom. The third-order valence-corrected chi connectivity index (χ3v) is 6.73. The van der Waals surface area contributed by atoms with Crippen LogP contribution in [0.4, 0.5) is 0 Å². The molecule has 0 unspecified atom stereocenters. The quantitative estimate of drug-likeness (QED) is 0.0865. The summed E-state index contributed by atoms with van der Waals surface area (Å²) in [5.74, 6) is -0.0573. The molecule has 8 nitrogen and oxygen atoms in total. The van der Waals surface area contributed by atoms with Crippen molar-refractivity contribution in [2.75, 3.05) is 0 Å². The maximum atomic E-state index is 11.8. The maximum absolute atomic E-state index is 11.8. The molecule has 0 aliphatic rings. The first-order valence-electron chi connectivity index (χ1n) is 15.0. The van der Waals surface area contributed by atoms with Crippen LogP contribution in [0.5, 0.6) is 11.5 Å². The van der Waals surface area contributed by atoms with E-state index in [4.69, 9.17) is 10.8 Å². The zero-order valence-electron chi connectivity index (χ0n) is 28.1. The summed E-state index contributed by atoms with van der Waals surface area (Å²) in [6.07, 6.45) is 6.77. The molecule has 0 bridgehead atoms. The molecular weight excluding hydrogens is 791 g/mol. The number of aliphatic imine (C=N–C) groups is 2. The first-order valence-corrected chi connectivity index (χ1v) is 15.9. The van der Waals surface area contributed by atoms with E-state index >= 15 is 0 Å². The SMILES string of the molecule is [N-]=C=S.[N-]=C=S.[O-]c1ccccc1C=N[C@@H](c1ccccc1)c1ccccn1.[O-]c1ccccc1C=N[C@H](c1ccccc1)c1ccccn1.[Zn+2].[Zn+2]. The number of aromatic nitrogens is 2. The van der Waals surface area contributed by atoms with E-state index in [2.05, 4.69) is 44.4 Å². The van der Waals surface area contributed by atoms with E-state index in [1.54, 1.807) is 61.2 Å². The minimum absolute atomic E-state index is 0. The van der Waals surface area contributed by atoms with Gasteiger partial charge in [0.15, 0.2) is 0 Å². The van der Waals surface area contributed by atoms with Gasteiger partial charge in [-0.25, -0.2) is 0 Å². The van der Waals surface area contributed by atoms with Crippen LogP contribution < -0.4 is 10.2 Å². The Kier molecular flexibility index (Phi) is 23.1. The summed E-state index contributed by atoms with van der Waals surface area (Å²) < 4.78 is 0. The van der Waals surface area contributed by atoms with Crippen LogP contribution in [0.25, 0.3) is 10.8 Å². The summed E-state index contributed by atoms with van der Waals surface area (Å²) in [7, 11) is 0. The molecule has 2 atom stereocenters. The van der Waals surface area contributed by atoms with Gasteiger partial charge in [-0.15, -0.1) is 11.5 Å². The van der Waals surface area contributed by atoms with E-state index in [1.807, 2.05) is 109 Å². The van der Waals surface area contributed by atoms with Gasteiger partial charge < -0.3 is 21.0 Å². The van der Waals surface area contributed by atoms with Crippen LogP contribution in [-0.4, -0.2) is 32.7 Å². The summed E-state index contributed by atoms with van der Waals surface area (Å²) in [5.41, 5.74) is 4.96. The third-order valence-electron chi connectivity index (χ3n) is 6.73. The largest absolute Gasteiger partial charge is 2.00 e. The van der Waals surface area contributed by atoms with Crippen molar-refractivity contribution in [2.24, 2.45) is 9.98 Å². The van der Waals surface area contributed by atoms with E-state index in [1.165, 1.54) is 10.3 Å². The fourth-order valence-corrected chi connectivity index (χ4v) is 4.50. The Morgan fingerprint density at radius 3 is 1.12 bits per heavy atom. The second-order valence-electron chi connectivity index (χ2n) is 9.95. The first-order chi connectivity index (χ1) is 24.5. The van der Waals surface area contributed by atoms with Crippen molar-refractivity contribution in [2.45, 2.75) is 12.1 Å². The normalized spacial score (nSPS) is 10.8. The van der Waals surface area contributed by atoms with Crippen LogP contribution in [0.1, 0.15) is 45.7 Å². The summed E-state index contributed by atoms with van der Waals surface area (Å²) in [4.78, 5) is 18.0. The van der Waals surface area contributed by atoms with Gasteiger partial charge in [-0.3, -0.25) is 20.0 Å². The number of hydrogen-bond donors (Lipinski definition) is 0. The molecule has 0 radical (unpaired) electrons. The molecule has 12 heteroatoms. The summed E-state index contributed by atoms with van der Waals surface area (Å²) >= 11 is 7.40. The third kappa shape index (κ3) is 15.5. The number of isothiocyanates is 2. The Labute approximate surface area is 340 Å². The van der Waals surface area contributed by atoms with Gasteiger partial charge >= 0.3 is 39.0 Å². The molecule has 0 saturated heterocycles. The van der Waals surface area contributed by atoms with E-state index in [0.29, 0.717) is 11.1 Å². The second kappa shape index (κ2) is 26.7. The average molecular weight is 822 g/mol. The van der Waals surface area contributed by atoms with Crippen LogP contribution >= 0.6 is 24.4 Å². The molecule has 0 amide bonds. The van der Waals surface area contributed by atoms with Crippen molar-refractivity contribution in [3.63, 3.8) is 0 Å². The van der Waals surface area contributed by atoms with Gasteiger partial charge in [0.1, 0.15) is 12.1 Å². The fraction of sp³-hybridized carbons (Fsp3) is 0.0500. The molecule has 0 fully saturated rings. The van der Waals surface area contributed by atoms with E-state index in [0.717, 1.165) is 22.5 Å². The molecule has 248 valence electrons. The number of pyridine rings is 2. The molecule has 0 aliphatic carbocycles. The minimum atomic E-state index is -0.220. The Morgan fingerprint density at radius 1 is 0.500 bits per heavy atom. The van der Waals surface area contributed by atoms with Crippen molar-refractivity contribution in [3.05, 3.63) is 202 Å². The topological polar surface area (TPSA) is 141 Å². The van der Waals surface area contributed by atoms with E-state index in [9.17, 15) is 10.2 Å². The van der Waals surface area contributed by atoms with Crippen molar-refractivity contribution < 1.29 is 49.2 Å².